The summed E-state index contributed by atoms with van der Waals surface area (Å²) in [5.41, 5.74) is 1.19. The van der Waals surface area contributed by atoms with Crippen LogP contribution in [0, 0.1) is 6.92 Å². The molecule has 1 N–H and O–H groups in total. The molecular weight excluding hydrogens is 353 g/mol. The number of nitrogens with one attached hydrogen (secondary N) is 1. The van der Waals surface area contributed by atoms with Gasteiger partial charge in [-0.3, -0.25) is 4.79 Å². The van der Waals surface area contributed by atoms with E-state index in [1.54, 1.807) is 31.2 Å². The highest BCUT2D eigenvalue weighted by molar-refractivity contribution is 8.15. The first-order valence-electron chi connectivity index (χ1n) is 5.85. The van der Waals surface area contributed by atoms with Crippen LogP contribution in [0.4, 0.5) is 0 Å². The van der Waals surface area contributed by atoms with E-state index < -0.39 is 9.05 Å². The minimum absolute atomic E-state index is 0.0624. The molecule has 0 aliphatic heterocycles. The Kier molecular flexibility index (Phi) is 4.93. The highest BCUT2D eigenvalue weighted by Crippen LogP contribution is 2.25. The maximum atomic E-state index is 12.1. The number of carbonyl (C=O) groups is 1. The number of hydrogen-bond acceptors (Lipinski definition) is 4. The van der Waals surface area contributed by atoms with Crippen LogP contribution in [-0.4, -0.2) is 14.3 Å². The molecule has 0 saturated heterocycles. The van der Waals surface area contributed by atoms with Gasteiger partial charge in [-0.25, -0.2) is 8.42 Å². The van der Waals surface area contributed by atoms with Crippen LogP contribution >= 0.6 is 33.6 Å². The minimum atomic E-state index is -3.72. The van der Waals surface area contributed by atoms with Gasteiger partial charge in [0, 0.05) is 26.1 Å². The zero-order valence-electron chi connectivity index (χ0n) is 10.9. The first kappa shape index (κ1) is 16.3. The first-order chi connectivity index (χ1) is 9.79. The van der Waals surface area contributed by atoms with Gasteiger partial charge in [-0.05, 0) is 36.8 Å². The summed E-state index contributed by atoms with van der Waals surface area (Å²) in [6.07, 6.45) is 0. The Morgan fingerprint density at radius 2 is 2.00 bits per heavy atom. The molecule has 1 aromatic heterocycles. The molecule has 0 radical (unpaired) electrons. The van der Waals surface area contributed by atoms with E-state index in [0.717, 1.165) is 11.3 Å². The number of hydrogen-bond donors (Lipinski definition) is 1. The number of carbonyl (C=O) groups excluding carboxylic acids is 1. The summed E-state index contributed by atoms with van der Waals surface area (Å²) in [5, 5.41) is 3.25. The molecule has 0 fully saturated rings. The van der Waals surface area contributed by atoms with Crippen LogP contribution in [-0.2, 0) is 15.6 Å². The van der Waals surface area contributed by atoms with Crippen molar-refractivity contribution in [3.8, 4) is 0 Å². The van der Waals surface area contributed by atoms with E-state index >= 15 is 0 Å². The van der Waals surface area contributed by atoms with Gasteiger partial charge in [-0.2, -0.15) is 0 Å². The van der Waals surface area contributed by atoms with E-state index in [2.05, 4.69) is 5.32 Å². The van der Waals surface area contributed by atoms with Gasteiger partial charge in [0.05, 0.1) is 6.54 Å². The Hall–Kier alpha value is -1.08. The van der Waals surface area contributed by atoms with Crippen molar-refractivity contribution in [1.29, 1.82) is 0 Å². The Labute approximate surface area is 136 Å². The van der Waals surface area contributed by atoms with Crippen molar-refractivity contribution in [1.82, 2.24) is 5.32 Å². The third-order valence-corrected chi connectivity index (χ3v) is 6.40. The molecule has 1 aromatic carbocycles. The van der Waals surface area contributed by atoms with Gasteiger partial charge in [0.25, 0.3) is 15.0 Å². The van der Waals surface area contributed by atoms with E-state index in [0.29, 0.717) is 21.0 Å². The molecule has 1 heterocycles. The Morgan fingerprint density at radius 1 is 1.29 bits per heavy atom. The monoisotopic (exact) mass is 363 g/mol. The fourth-order valence-corrected chi connectivity index (χ4v) is 3.94. The summed E-state index contributed by atoms with van der Waals surface area (Å²) >= 11 is 6.99. The summed E-state index contributed by atoms with van der Waals surface area (Å²) in [7, 11) is 1.52. The largest absolute Gasteiger partial charge is 0.347 e. The van der Waals surface area contributed by atoms with Crippen LogP contribution in [0.3, 0.4) is 0 Å². The molecule has 0 spiro atoms. The van der Waals surface area contributed by atoms with Gasteiger partial charge in [0.15, 0.2) is 0 Å². The second-order valence-corrected chi connectivity index (χ2v) is 8.62. The smallest absolute Gasteiger partial charge is 0.270 e. The van der Waals surface area contributed by atoms with E-state index in [1.807, 2.05) is 0 Å². The highest BCUT2D eigenvalue weighted by Gasteiger charge is 2.14. The Morgan fingerprint density at radius 3 is 2.62 bits per heavy atom. The van der Waals surface area contributed by atoms with Crippen LogP contribution in [0.15, 0.2) is 34.5 Å². The van der Waals surface area contributed by atoms with Gasteiger partial charge >= 0.3 is 0 Å². The fourth-order valence-electron chi connectivity index (χ4n) is 1.70. The van der Waals surface area contributed by atoms with Gasteiger partial charge in [-0.15, -0.1) is 11.3 Å². The molecule has 2 aromatic rings. The van der Waals surface area contributed by atoms with Crippen LogP contribution in [0.25, 0.3) is 0 Å². The molecular formula is C13H11Cl2NO3S2. The van der Waals surface area contributed by atoms with Crippen molar-refractivity contribution < 1.29 is 13.2 Å². The number of halogens is 2. The molecule has 0 bridgehead atoms. The maximum absolute atomic E-state index is 12.1. The zero-order valence-corrected chi connectivity index (χ0v) is 14.0. The minimum Gasteiger partial charge on any atom is -0.347 e. The SMILES string of the molecule is Cc1c(Cl)cccc1C(=O)NCc1ccc(S(=O)(=O)Cl)s1. The third-order valence-electron chi connectivity index (χ3n) is 2.81. The van der Waals surface area contributed by atoms with E-state index in [4.69, 9.17) is 22.3 Å². The third kappa shape index (κ3) is 3.97. The van der Waals surface area contributed by atoms with Crippen LogP contribution in [0.1, 0.15) is 20.8 Å². The molecule has 4 nitrogen and oxygen atoms in total. The summed E-state index contributed by atoms with van der Waals surface area (Å²) < 4.78 is 22.4. The van der Waals surface area contributed by atoms with Crippen molar-refractivity contribution in [2.45, 2.75) is 17.7 Å². The van der Waals surface area contributed by atoms with Crippen molar-refractivity contribution in [2.75, 3.05) is 0 Å². The molecule has 112 valence electrons. The highest BCUT2D eigenvalue weighted by atomic mass is 35.7. The van der Waals surface area contributed by atoms with Gasteiger partial charge in [0.2, 0.25) is 0 Å². The average molecular weight is 364 g/mol. The molecule has 2 rings (SSSR count). The number of amides is 1. The van der Waals surface area contributed by atoms with Gasteiger partial charge in [-0.1, -0.05) is 17.7 Å². The summed E-state index contributed by atoms with van der Waals surface area (Å²) in [6.45, 7) is 1.99. The van der Waals surface area contributed by atoms with Crippen molar-refractivity contribution in [2.24, 2.45) is 0 Å². The predicted octanol–water partition coefficient (Wildman–Crippen LogP) is 3.57. The lowest BCUT2D eigenvalue weighted by molar-refractivity contribution is 0.0950. The molecule has 21 heavy (non-hydrogen) atoms. The fraction of sp³-hybridized carbons (Fsp3) is 0.154. The summed E-state index contributed by atoms with van der Waals surface area (Å²) in [5.74, 6) is -0.265. The van der Waals surface area contributed by atoms with Gasteiger partial charge < -0.3 is 5.32 Å². The number of benzene rings is 1. The molecule has 1 amide bonds. The zero-order chi connectivity index (χ0) is 15.6. The van der Waals surface area contributed by atoms with E-state index in [1.165, 1.54) is 6.07 Å². The first-order valence-corrected chi connectivity index (χ1v) is 9.36. The normalized spacial score (nSPS) is 11.4. The predicted molar refractivity (Wildman–Crippen MR) is 84.7 cm³/mol. The summed E-state index contributed by atoms with van der Waals surface area (Å²) in [4.78, 5) is 12.8. The van der Waals surface area contributed by atoms with Gasteiger partial charge in [0.1, 0.15) is 4.21 Å². The molecule has 0 aliphatic rings. The Balaban J connectivity index is 2.08. The maximum Gasteiger partial charge on any atom is 0.270 e. The molecule has 0 saturated carbocycles. The van der Waals surface area contributed by atoms with E-state index in [-0.39, 0.29) is 16.7 Å². The van der Waals surface area contributed by atoms with E-state index in [9.17, 15) is 13.2 Å². The average Bonchev–Trinajstić information content (AvgIpc) is 2.88. The molecule has 8 heteroatoms. The van der Waals surface area contributed by atoms with Crippen molar-refractivity contribution in [3.05, 3.63) is 51.4 Å². The number of rotatable bonds is 4. The van der Waals surface area contributed by atoms with Crippen LogP contribution in [0.2, 0.25) is 5.02 Å². The molecule has 0 unspecified atom stereocenters. The summed E-state index contributed by atoms with van der Waals surface area (Å²) in [6, 6.07) is 8.13. The number of thiophene rings is 1. The van der Waals surface area contributed by atoms with Crippen molar-refractivity contribution in [3.63, 3.8) is 0 Å². The second-order valence-electron chi connectivity index (χ2n) is 4.25. The lowest BCUT2D eigenvalue weighted by Gasteiger charge is -2.07. The van der Waals surface area contributed by atoms with Crippen molar-refractivity contribution >= 4 is 48.6 Å². The molecule has 0 aliphatic carbocycles. The Bertz CT molecular complexity index is 784. The van der Waals surface area contributed by atoms with Crippen LogP contribution < -0.4 is 5.32 Å². The van der Waals surface area contributed by atoms with Crippen LogP contribution in [0.5, 0.6) is 0 Å². The molecule has 0 atom stereocenters. The lowest BCUT2D eigenvalue weighted by atomic mass is 10.1. The topological polar surface area (TPSA) is 63.2 Å². The second kappa shape index (κ2) is 6.36. The quantitative estimate of drug-likeness (QED) is 0.844. The standard InChI is InChI=1S/C13H11Cl2NO3S2/c1-8-10(3-2-4-11(8)14)13(17)16-7-9-5-6-12(20-9)21(15,18)19/h2-6H,7H2,1H3,(H,16,17). The lowest BCUT2D eigenvalue weighted by Crippen LogP contribution is -2.23.